The van der Waals surface area contributed by atoms with Crippen LogP contribution in [0.2, 0.25) is 0 Å². The molecular formula is C26H50OS2. The normalized spacial score (nSPS) is 14.8. The number of hydrogen-bond acceptors (Lipinski definition) is 1. The Morgan fingerprint density at radius 1 is 0.655 bits per heavy atom. The van der Waals surface area contributed by atoms with Crippen LogP contribution in [0.4, 0.5) is 0 Å². The molecule has 0 spiro atoms. The van der Waals surface area contributed by atoms with Crippen LogP contribution in [0.3, 0.4) is 0 Å². The van der Waals surface area contributed by atoms with E-state index in [-0.39, 0.29) is 21.8 Å². The van der Waals surface area contributed by atoms with Gasteiger partial charge in [0, 0.05) is 4.90 Å². The Morgan fingerprint density at radius 2 is 1.14 bits per heavy atom. The van der Waals surface area contributed by atoms with Gasteiger partial charge in [-0.2, -0.15) is 0 Å². The fourth-order valence-corrected chi connectivity index (χ4v) is 7.54. The Hall–Kier alpha value is -0.280. The van der Waals surface area contributed by atoms with E-state index in [4.69, 9.17) is 0 Å². The molecule has 0 heterocycles. The molecule has 2 unspecified atom stereocenters. The molecule has 0 bridgehead atoms. The molecule has 3 heteroatoms. The SMILES string of the molecule is CCCCCCCC[SH](C)c1cc(CC)c(O)c([SH](C)CCCCCCCC)c1. The highest BCUT2D eigenvalue weighted by Gasteiger charge is 2.14. The van der Waals surface area contributed by atoms with Crippen LogP contribution in [0.1, 0.15) is 103 Å². The zero-order valence-corrected chi connectivity index (χ0v) is 21.9. The minimum absolute atomic E-state index is 0.0991. The first-order valence-corrected chi connectivity index (χ1v) is 16.3. The summed E-state index contributed by atoms with van der Waals surface area (Å²) < 4.78 is 0. The van der Waals surface area contributed by atoms with Crippen LogP contribution in [0, 0.1) is 0 Å². The summed E-state index contributed by atoms with van der Waals surface area (Å²) in [5, 5.41) is 10.9. The van der Waals surface area contributed by atoms with Crippen molar-refractivity contribution in [2.45, 2.75) is 114 Å². The number of thiol groups is 2. The molecule has 0 saturated carbocycles. The Kier molecular flexibility index (Phi) is 15.1. The molecule has 0 aliphatic carbocycles. The molecule has 172 valence electrons. The first kappa shape index (κ1) is 26.8. The van der Waals surface area contributed by atoms with Crippen LogP contribution >= 0.6 is 21.8 Å². The fourth-order valence-electron chi connectivity index (χ4n) is 3.95. The molecule has 1 aromatic carbocycles. The molecule has 2 atom stereocenters. The first-order chi connectivity index (χ1) is 14.0. The Balaban J connectivity index is 2.63. The molecule has 1 N–H and O–H groups in total. The highest BCUT2D eigenvalue weighted by Crippen LogP contribution is 2.46. The number of rotatable bonds is 17. The molecule has 0 aliphatic heterocycles. The second-order valence-corrected chi connectivity index (χ2v) is 13.4. The molecular weight excluding hydrogens is 392 g/mol. The number of phenolic OH excluding ortho intramolecular Hbond substituents is 1. The van der Waals surface area contributed by atoms with E-state index in [1.807, 2.05) is 0 Å². The van der Waals surface area contributed by atoms with E-state index in [0.717, 1.165) is 6.42 Å². The molecule has 0 amide bonds. The largest absolute Gasteiger partial charge is 0.507 e. The lowest BCUT2D eigenvalue weighted by atomic mass is 10.1. The highest BCUT2D eigenvalue weighted by molar-refractivity contribution is 8.17. The van der Waals surface area contributed by atoms with Gasteiger partial charge in [-0.15, -0.1) is 0 Å². The van der Waals surface area contributed by atoms with Crippen molar-refractivity contribution in [1.82, 2.24) is 0 Å². The first-order valence-electron chi connectivity index (χ1n) is 12.3. The van der Waals surface area contributed by atoms with Crippen molar-refractivity contribution >= 4 is 21.8 Å². The third kappa shape index (κ3) is 10.5. The number of unbranched alkanes of at least 4 members (excludes halogenated alkanes) is 10. The van der Waals surface area contributed by atoms with Crippen molar-refractivity contribution in [1.29, 1.82) is 0 Å². The highest BCUT2D eigenvalue weighted by atomic mass is 32.2. The molecule has 1 aromatic rings. The third-order valence-corrected chi connectivity index (χ3v) is 10.4. The number of benzene rings is 1. The summed E-state index contributed by atoms with van der Waals surface area (Å²) in [5.74, 6) is 3.22. The lowest BCUT2D eigenvalue weighted by Crippen LogP contribution is -1.97. The summed E-state index contributed by atoms with van der Waals surface area (Å²) >= 11 is 0. The molecule has 0 saturated heterocycles. The van der Waals surface area contributed by atoms with Crippen LogP contribution in [0.15, 0.2) is 21.9 Å². The van der Waals surface area contributed by atoms with Gasteiger partial charge in [0.1, 0.15) is 5.75 Å². The lowest BCUT2D eigenvalue weighted by molar-refractivity contribution is 0.454. The minimum Gasteiger partial charge on any atom is -0.507 e. The number of phenols is 1. The second kappa shape index (κ2) is 16.4. The van der Waals surface area contributed by atoms with Gasteiger partial charge in [0.2, 0.25) is 0 Å². The molecule has 0 aliphatic rings. The van der Waals surface area contributed by atoms with Gasteiger partial charge in [0.05, 0.1) is 0 Å². The number of aromatic hydroxyl groups is 1. The smallest absolute Gasteiger partial charge is 0.130 e. The summed E-state index contributed by atoms with van der Waals surface area (Å²) in [7, 11) is -0.346. The average Bonchev–Trinajstić information content (AvgIpc) is 2.72. The van der Waals surface area contributed by atoms with Crippen LogP contribution in [-0.4, -0.2) is 29.1 Å². The molecule has 1 rings (SSSR count). The predicted molar refractivity (Wildman–Crippen MR) is 140 cm³/mol. The van der Waals surface area contributed by atoms with E-state index in [1.165, 1.54) is 104 Å². The summed E-state index contributed by atoms with van der Waals surface area (Å²) in [4.78, 5) is 2.80. The quantitative estimate of drug-likeness (QED) is 0.163. The maximum atomic E-state index is 10.9. The van der Waals surface area contributed by atoms with Crippen molar-refractivity contribution in [2.75, 3.05) is 24.0 Å². The van der Waals surface area contributed by atoms with Gasteiger partial charge in [0.15, 0.2) is 0 Å². The standard InChI is InChI=1S/C26H50OS2/c1-6-9-11-13-15-17-19-28(4)24-21-23(8-3)26(27)25(22-24)29(5)20-18-16-14-12-10-7-2/h21-22,27-29H,6-20H2,1-5H3. The Bertz CT molecular complexity index is 544. The van der Waals surface area contributed by atoms with Crippen LogP contribution < -0.4 is 0 Å². The summed E-state index contributed by atoms with van der Waals surface area (Å²) in [5.41, 5.74) is 1.17. The zero-order valence-electron chi connectivity index (χ0n) is 20.1. The topological polar surface area (TPSA) is 20.2 Å². The molecule has 0 aromatic heterocycles. The number of hydrogen-bond donors (Lipinski definition) is 3. The van der Waals surface area contributed by atoms with E-state index in [1.54, 1.807) is 0 Å². The monoisotopic (exact) mass is 442 g/mol. The van der Waals surface area contributed by atoms with Gasteiger partial charge in [-0.3, -0.25) is 0 Å². The minimum atomic E-state index is -0.246. The van der Waals surface area contributed by atoms with Crippen molar-refractivity contribution in [3.8, 4) is 5.75 Å². The van der Waals surface area contributed by atoms with Crippen LogP contribution in [-0.2, 0) is 6.42 Å². The molecule has 1 nitrogen and oxygen atoms in total. The van der Waals surface area contributed by atoms with E-state index >= 15 is 0 Å². The molecule has 0 radical (unpaired) electrons. The number of aryl methyl sites for hydroxylation is 1. The van der Waals surface area contributed by atoms with Gasteiger partial charge in [-0.25, -0.2) is 21.8 Å². The van der Waals surface area contributed by atoms with E-state index in [0.29, 0.717) is 5.75 Å². The maximum Gasteiger partial charge on any atom is 0.130 e. The second-order valence-electron chi connectivity index (χ2n) is 8.70. The van der Waals surface area contributed by atoms with E-state index in [2.05, 4.69) is 45.4 Å². The van der Waals surface area contributed by atoms with Gasteiger partial charge in [-0.1, -0.05) is 85.0 Å². The van der Waals surface area contributed by atoms with Gasteiger partial charge in [0.25, 0.3) is 0 Å². The van der Waals surface area contributed by atoms with Gasteiger partial charge >= 0.3 is 0 Å². The average molecular weight is 443 g/mol. The zero-order chi connectivity index (χ0) is 21.5. The van der Waals surface area contributed by atoms with Crippen molar-refractivity contribution in [2.24, 2.45) is 0 Å². The summed E-state index contributed by atoms with van der Waals surface area (Å²) in [6.45, 7) is 6.75. The van der Waals surface area contributed by atoms with E-state index in [9.17, 15) is 5.11 Å². The molecule has 0 fully saturated rings. The van der Waals surface area contributed by atoms with Gasteiger partial charge < -0.3 is 5.11 Å². The molecule has 29 heavy (non-hydrogen) atoms. The Labute approximate surface area is 188 Å². The third-order valence-electron chi connectivity index (χ3n) is 6.08. The lowest BCUT2D eigenvalue weighted by Gasteiger charge is -2.24. The Morgan fingerprint density at radius 3 is 1.66 bits per heavy atom. The summed E-state index contributed by atoms with van der Waals surface area (Å²) in [6, 6.07) is 4.70. The van der Waals surface area contributed by atoms with Gasteiger partial charge in [-0.05, 0) is 65.9 Å². The maximum absolute atomic E-state index is 10.9. The van der Waals surface area contributed by atoms with E-state index < -0.39 is 0 Å². The van der Waals surface area contributed by atoms with Crippen LogP contribution in [0.5, 0.6) is 5.75 Å². The van der Waals surface area contributed by atoms with Crippen molar-refractivity contribution in [3.05, 3.63) is 17.7 Å². The predicted octanol–water partition coefficient (Wildman–Crippen LogP) is 8.66. The van der Waals surface area contributed by atoms with Crippen molar-refractivity contribution < 1.29 is 5.11 Å². The van der Waals surface area contributed by atoms with Crippen molar-refractivity contribution in [3.63, 3.8) is 0 Å². The van der Waals surface area contributed by atoms with Crippen LogP contribution in [0.25, 0.3) is 0 Å². The summed E-state index contributed by atoms with van der Waals surface area (Å²) in [6.07, 6.45) is 22.2. The fraction of sp³-hybridized carbons (Fsp3) is 0.769.